The van der Waals surface area contributed by atoms with Crippen LogP contribution in [0.3, 0.4) is 0 Å². The number of benzene rings is 1. The van der Waals surface area contributed by atoms with E-state index in [-0.39, 0.29) is 12.5 Å². The van der Waals surface area contributed by atoms with E-state index in [1.165, 1.54) is 0 Å². The summed E-state index contributed by atoms with van der Waals surface area (Å²) in [5.74, 6) is -1.16. The maximum absolute atomic E-state index is 12.6. The first kappa shape index (κ1) is 17.5. The third-order valence-corrected chi connectivity index (χ3v) is 4.95. The number of amides is 1. The summed E-state index contributed by atoms with van der Waals surface area (Å²) in [6, 6.07) is 8.98. The summed E-state index contributed by atoms with van der Waals surface area (Å²) < 4.78 is 5.51. The maximum Gasteiger partial charge on any atom is 0.315 e. The molecule has 1 aliphatic carbocycles. The van der Waals surface area contributed by atoms with Crippen molar-refractivity contribution in [2.45, 2.75) is 50.0 Å². The average Bonchev–Trinajstić information content (AvgIpc) is 2.60. The Hall–Kier alpha value is -1.88. The normalized spacial score (nSPS) is 19.6. The lowest BCUT2D eigenvalue weighted by molar-refractivity contribution is -0.149. The molecule has 2 rings (SSSR count). The quantitative estimate of drug-likeness (QED) is 0.845. The number of carbonyl (C=O) groups excluding carboxylic acids is 1. The first-order valence-corrected chi connectivity index (χ1v) is 8.07. The van der Waals surface area contributed by atoms with Crippen molar-refractivity contribution in [1.29, 1.82) is 0 Å². The lowest BCUT2D eigenvalue weighted by Crippen LogP contribution is -2.53. The van der Waals surface area contributed by atoms with Gasteiger partial charge in [-0.05, 0) is 25.3 Å². The third kappa shape index (κ3) is 3.55. The minimum atomic E-state index is -1.17. The van der Waals surface area contributed by atoms with Crippen LogP contribution in [0.15, 0.2) is 30.3 Å². The van der Waals surface area contributed by atoms with Crippen LogP contribution in [0, 0.1) is 0 Å². The Kier molecular flexibility index (Phi) is 5.42. The Bertz CT molecular complexity index is 551. The number of carboxylic acid groups (broad SMARTS) is 1. The molecule has 126 valence electrons. The van der Waals surface area contributed by atoms with Crippen molar-refractivity contribution in [2.75, 3.05) is 13.7 Å². The summed E-state index contributed by atoms with van der Waals surface area (Å²) in [6.07, 6.45) is 4.39. The van der Waals surface area contributed by atoms with Gasteiger partial charge >= 0.3 is 5.97 Å². The summed E-state index contributed by atoms with van der Waals surface area (Å²) in [4.78, 5) is 24.4. The van der Waals surface area contributed by atoms with Crippen LogP contribution in [0.4, 0.5) is 0 Å². The van der Waals surface area contributed by atoms with E-state index in [0.29, 0.717) is 18.4 Å². The van der Waals surface area contributed by atoms with Gasteiger partial charge in [-0.2, -0.15) is 0 Å². The summed E-state index contributed by atoms with van der Waals surface area (Å²) in [5, 5.41) is 12.5. The molecule has 1 atom stereocenters. The van der Waals surface area contributed by atoms with Gasteiger partial charge in [-0.15, -0.1) is 0 Å². The Morgan fingerprint density at radius 3 is 2.35 bits per heavy atom. The second kappa shape index (κ2) is 7.13. The molecule has 0 radical (unpaired) electrons. The molecule has 1 amide bonds. The Balaban J connectivity index is 2.13. The lowest BCUT2D eigenvalue weighted by Gasteiger charge is -2.35. The molecule has 1 aromatic rings. The zero-order valence-corrected chi connectivity index (χ0v) is 13.8. The molecule has 5 heteroatoms. The van der Waals surface area contributed by atoms with Gasteiger partial charge in [0.15, 0.2) is 0 Å². The van der Waals surface area contributed by atoms with Crippen LogP contribution >= 0.6 is 0 Å². The fourth-order valence-electron chi connectivity index (χ4n) is 3.17. The van der Waals surface area contributed by atoms with Gasteiger partial charge in [0.2, 0.25) is 0 Å². The second-order valence-electron chi connectivity index (χ2n) is 6.45. The SMILES string of the molecule is COC1(C(=O)NCC(C)(C(=O)O)c2ccccc2)CCCCC1. The van der Waals surface area contributed by atoms with Gasteiger partial charge < -0.3 is 15.2 Å². The van der Waals surface area contributed by atoms with E-state index in [9.17, 15) is 14.7 Å². The minimum Gasteiger partial charge on any atom is -0.481 e. The molecule has 0 bridgehead atoms. The molecule has 23 heavy (non-hydrogen) atoms. The van der Waals surface area contributed by atoms with Crippen LogP contribution in [0.5, 0.6) is 0 Å². The van der Waals surface area contributed by atoms with Gasteiger partial charge in [0, 0.05) is 13.7 Å². The van der Waals surface area contributed by atoms with Gasteiger partial charge in [0.1, 0.15) is 11.0 Å². The van der Waals surface area contributed by atoms with Crippen LogP contribution in [0.2, 0.25) is 0 Å². The molecule has 1 saturated carbocycles. The highest BCUT2D eigenvalue weighted by Crippen LogP contribution is 2.32. The van der Waals surface area contributed by atoms with Crippen molar-refractivity contribution < 1.29 is 19.4 Å². The molecule has 0 aromatic heterocycles. The first-order valence-electron chi connectivity index (χ1n) is 8.07. The number of hydrogen-bond donors (Lipinski definition) is 2. The molecule has 5 nitrogen and oxygen atoms in total. The molecule has 1 fully saturated rings. The fourth-order valence-corrected chi connectivity index (χ4v) is 3.17. The van der Waals surface area contributed by atoms with Gasteiger partial charge in [-0.3, -0.25) is 9.59 Å². The average molecular weight is 319 g/mol. The Morgan fingerprint density at radius 1 is 1.22 bits per heavy atom. The van der Waals surface area contributed by atoms with Crippen molar-refractivity contribution in [2.24, 2.45) is 0 Å². The van der Waals surface area contributed by atoms with Gasteiger partial charge in [-0.1, -0.05) is 49.6 Å². The number of nitrogens with one attached hydrogen (secondary N) is 1. The number of aliphatic carboxylic acids is 1. The van der Waals surface area contributed by atoms with E-state index in [1.54, 1.807) is 38.3 Å². The monoisotopic (exact) mass is 319 g/mol. The largest absolute Gasteiger partial charge is 0.481 e. The molecule has 1 aromatic carbocycles. The standard InChI is InChI=1S/C18H25NO4/c1-17(16(21)22,14-9-5-3-6-10-14)13-19-15(20)18(23-2)11-7-4-8-12-18/h3,5-6,9-10H,4,7-8,11-13H2,1-2H3,(H,19,20)(H,21,22). The van der Waals surface area contributed by atoms with Crippen LogP contribution < -0.4 is 5.32 Å². The molecular formula is C18H25NO4. The van der Waals surface area contributed by atoms with E-state index in [4.69, 9.17) is 4.74 Å². The molecule has 0 heterocycles. The van der Waals surface area contributed by atoms with E-state index in [2.05, 4.69) is 5.32 Å². The zero-order valence-electron chi connectivity index (χ0n) is 13.8. The number of ether oxygens (including phenoxy) is 1. The zero-order chi connectivity index (χ0) is 16.9. The summed E-state index contributed by atoms with van der Waals surface area (Å²) in [7, 11) is 1.55. The summed E-state index contributed by atoms with van der Waals surface area (Å²) >= 11 is 0. The van der Waals surface area contributed by atoms with Crippen LogP contribution in [-0.4, -0.2) is 36.2 Å². The molecule has 2 N–H and O–H groups in total. The van der Waals surface area contributed by atoms with Crippen LogP contribution in [0.25, 0.3) is 0 Å². The highest BCUT2D eigenvalue weighted by molar-refractivity contribution is 5.87. The molecule has 0 spiro atoms. The van der Waals surface area contributed by atoms with Gasteiger partial charge in [0.25, 0.3) is 5.91 Å². The van der Waals surface area contributed by atoms with Crippen LogP contribution in [0.1, 0.15) is 44.6 Å². The van der Waals surface area contributed by atoms with Crippen molar-refractivity contribution in [3.05, 3.63) is 35.9 Å². The molecular weight excluding hydrogens is 294 g/mol. The molecule has 1 unspecified atom stereocenters. The number of hydrogen-bond acceptors (Lipinski definition) is 3. The smallest absolute Gasteiger partial charge is 0.315 e. The summed E-state index contributed by atoms with van der Waals surface area (Å²) in [5.41, 5.74) is -1.31. The van der Waals surface area contributed by atoms with Crippen molar-refractivity contribution in [3.8, 4) is 0 Å². The number of carboxylic acids is 1. The van der Waals surface area contributed by atoms with Crippen LogP contribution in [-0.2, 0) is 19.7 Å². The van der Waals surface area contributed by atoms with Crippen molar-refractivity contribution in [1.82, 2.24) is 5.32 Å². The van der Waals surface area contributed by atoms with Gasteiger partial charge in [-0.25, -0.2) is 0 Å². The molecule has 0 saturated heterocycles. The number of rotatable bonds is 6. The minimum absolute atomic E-state index is 0.0380. The second-order valence-corrected chi connectivity index (χ2v) is 6.45. The highest BCUT2D eigenvalue weighted by atomic mass is 16.5. The van der Waals surface area contributed by atoms with E-state index in [0.717, 1.165) is 19.3 Å². The van der Waals surface area contributed by atoms with E-state index < -0.39 is 17.0 Å². The predicted molar refractivity (Wildman–Crippen MR) is 87.3 cm³/mol. The van der Waals surface area contributed by atoms with Crippen molar-refractivity contribution in [3.63, 3.8) is 0 Å². The first-order chi connectivity index (χ1) is 10.9. The third-order valence-electron chi connectivity index (χ3n) is 4.95. The summed E-state index contributed by atoms with van der Waals surface area (Å²) in [6.45, 7) is 1.67. The van der Waals surface area contributed by atoms with Crippen molar-refractivity contribution >= 4 is 11.9 Å². The van der Waals surface area contributed by atoms with E-state index >= 15 is 0 Å². The Labute approximate surface area is 137 Å². The number of carbonyl (C=O) groups is 2. The lowest BCUT2D eigenvalue weighted by atomic mass is 9.81. The highest BCUT2D eigenvalue weighted by Gasteiger charge is 2.42. The van der Waals surface area contributed by atoms with Gasteiger partial charge in [0.05, 0.1) is 0 Å². The molecule has 1 aliphatic rings. The topological polar surface area (TPSA) is 75.6 Å². The number of methoxy groups -OCH3 is 1. The van der Waals surface area contributed by atoms with E-state index in [1.807, 2.05) is 6.07 Å². The fraction of sp³-hybridized carbons (Fsp3) is 0.556. The predicted octanol–water partition coefficient (Wildman–Crippen LogP) is 2.49. The molecule has 0 aliphatic heterocycles. The maximum atomic E-state index is 12.6. The Morgan fingerprint density at radius 2 is 1.83 bits per heavy atom.